The van der Waals surface area contributed by atoms with Gasteiger partial charge in [-0.1, -0.05) is 61.4 Å². The van der Waals surface area contributed by atoms with Gasteiger partial charge >= 0.3 is 0 Å². The van der Waals surface area contributed by atoms with Gasteiger partial charge in [-0.2, -0.15) is 10.3 Å². The first-order valence-corrected chi connectivity index (χ1v) is 12.0. The molecule has 4 aromatic rings. The number of aromatic amines is 1. The van der Waals surface area contributed by atoms with E-state index in [1.54, 1.807) is 0 Å². The largest absolute Gasteiger partial charge is 0.384 e. The lowest BCUT2D eigenvalue weighted by Gasteiger charge is -2.39. The van der Waals surface area contributed by atoms with E-state index in [0.717, 1.165) is 30.0 Å². The van der Waals surface area contributed by atoms with Gasteiger partial charge in [0.1, 0.15) is 11.3 Å². The van der Waals surface area contributed by atoms with Crippen LogP contribution in [-0.4, -0.2) is 33.0 Å². The Morgan fingerprint density at radius 2 is 1.82 bits per heavy atom. The van der Waals surface area contributed by atoms with E-state index in [1.165, 1.54) is 36.9 Å². The third-order valence-corrected chi connectivity index (χ3v) is 7.10. The Bertz CT molecular complexity index is 1170. The summed E-state index contributed by atoms with van der Waals surface area (Å²) in [7, 11) is 0. The first kappa shape index (κ1) is 21.4. The average molecular weight is 441 g/mol. The summed E-state index contributed by atoms with van der Waals surface area (Å²) in [6.45, 7) is 3.51. The van der Waals surface area contributed by atoms with Crippen molar-refractivity contribution in [2.24, 2.45) is 5.92 Å². The van der Waals surface area contributed by atoms with Gasteiger partial charge in [-0.25, -0.2) is 4.98 Å². The smallest absolute Gasteiger partial charge is 0.203 e. The Morgan fingerprint density at radius 3 is 2.58 bits per heavy atom. The molecule has 0 aliphatic carbocycles. The number of aromatic nitrogens is 4. The Balaban J connectivity index is 1.28. The number of hydrogen-bond acceptors (Lipinski definition) is 5. The summed E-state index contributed by atoms with van der Waals surface area (Å²) < 4.78 is 0. The molecular weight excluding hydrogens is 408 g/mol. The van der Waals surface area contributed by atoms with Crippen LogP contribution in [0.1, 0.15) is 56.1 Å². The maximum Gasteiger partial charge on any atom is 0.203 e. The topological polar surface area (TPSA) is 83.7 Å². The second kappa shape index (κ2) is 9.61. The molecule has 0 radical (unpaired) electrons. The number of anilines is 2. The first-order valence-electron chi connectivity index (χ1n) is 12.0. The molecule has 2 aromatic carbocycles. The van der Waals surface area contributed by atoms with Crippen LogP contribution in [0.15, 0.2) is 66.7 Å². The minimum Gasteiger partial charge on any atom is -0.384 e. The first-order chi connectivity index (χ1) is 16.2. The van der Waals surface area contributed by atoms with Crippen LogP contribution in [-0.2, 0) is 0 Å². The van der Waals surface area contributed by atoms with Gasteiger partial charge < -0.3 is 10.6 Å². The van der Waals surface area contributed by atoms with Gasteiger partial charge in [-0.3, -0.25) is 0 Å². The van der Waals surface area contributed by atoms with Crippen LogP contribution in [0.2, 0.25) is 0 Å². The molecule has 1 fully saturated rings. The van der Waals surface area contributed by atoms with Gasteiger partial charge in [0.05, 0.1) is 0 Å². The summed E-state index contributed by atoms with van der Waals surface area (Å²) in [5.74, 6) is 1.49. The molecule has 3 N–H and O–H groups in total. The highest BCUT2D eigenvalue weighted by atomic mass is 15.3. The molecule has 1 aliphatic heterocycles. The van der Waals surface area contributed by atoms with Gasteiger partial charge in [-0.05, 0) is 61.4 Å². The SMILES string of the molecule is CC1CC(CCCC(c2ccccc2)c2cc(N)nc3n[nH]nc23)CCN1c1ccccc1. The van der Waals surface area contributed by atoms with Crippen molar-refractivity contribution in [1.82, 2.24) is 20.4 Å². The number of nitrogens with one attached hydrogen (secondary N) is 1. The number of nitrogens with zero attached hydrogens (tertiary/aromatic N) is 4. The highest BCUT2D eigenvalue weighted by Crippen LogP contribution is 2.36. The molecule has 3 unspecified atom stereocenters. The number of benzene rings is 2. The zero-order chi connectivity index (χ0) is 22.6. The molecule has 6 heteroatoms. The fourth-order valence-electron chi connectivity index (χ4n) is 5.48. The second-order valence-electron chi connectivity index (χ2n) is 9.29. The number of hydrogen-bond donors (Lipinski definition) is 2. The number of pyridine rings is 1. The van der Waals surface area contributed by atoms with Crippen LogP contribution >= 0.6 is 0 Å². The fourth-order valence-corrected chi connectivity index (χ4v) is 5.48. The van der Waals surface area contributed by atoms with Crippen LogP contribution in [0.25, 0.3) is 11.2 Å². The number of piperidine rings is 1. The third kappa shape index (κ3) is 4.70. The standard InChI is InChI=1S/C27H32N6/c1-19-17-20(15-16-33(19)22-12-6-3-7-13-22)9-8-14-23(21-10-4-2-5-11-21)24-18-25(28)29-27-26(24)30-32-31-27/h2-7,10-13,18-20,23H,8-9,14-17H2,1H3,(H3,28,29,30,31,32). The number of para-hydroxylation sites is 1. The van der Waals surface area contributed by atoms with Crippen molar-refractivity contribution in [2.45, 2.75) is 51.0 Å². The van der Waals surface area contributed by atoms with Crippen molar-refractivity contribution in [2.75, 3.05) is 17.2 Å². The molecule has 3 heterocycles. The average Bonchev–Trinajstić information content (AvgIpc) is 3.31. The molecule has 1 saturated heterocycles. The number of fused-ring (bicyclic) bond motifs is 1. The Kier molecular flexibility index (Phi) is 6.24. The highest BCUT2D eigenvalue weighted by molar-refractivity contribution is 5.77. The van der Waals surface area contributed by atoms with Crippen LogP contribution in [0, 0.1) is 5.92 Å². The Morgan fingerprint density at radius 1 is 1.06 bits per heavy atom. The molecule has 170 valence electrons. The molecule has 0 amide bonds. The van der Waals surface area contributed by atoms with E-state index >= 15 is 0 Å². The number of rotatable bonds is 7. The van der Waals surface area contributed by atoms with Gasteiger partial charge in [-0.15, -0.1) is 5.10 Å². The Hall–Kier alpha value is -3.41. The highest BCUT2D eigenvalue weighted by Gasteiger charge is 2.26. The zero-order valence-electron chi connectivity index (χ0n) is 19.2. The summed E-state index contributed by atoms with van der Waals surface area (Å²) in [4.78, 5) is 6.89. The minimum absolute atomic E-state index is 0.228. The van der Waals surface area contributed by atoms with Crippen molar-refractivity contribution in [1.29, 1.82) is 0 Å². The van der Waals surface area contributed by atoms with Crippen molar-refractivity contribution in [3.8, 4) is 0 Å². The molecule has 3 atom stereocenters. The summed E-state index contributed by atoms with van der Waals surface area (Å²) in [5.41, 5.74) is 11.3. The molecule has 0 saturated carbocycles. The fraction of sp³-hybridized carbons (Fsp3) is 0.370. The number of nitrogen functional groups attached to an aromatic ring is 1. The summed E-state index contributed by atoms with van der Waals surface area (Å²) >= 11 is 0. The van der Waals surface area contributed by atoms with Crippen molar-refractivity contribution in [3.05, 3.63) is 77.9 Å². The molecular formula is C27H32N6. The van der Waals surface area contributed by atoms with Crippen LogP contribution in [0.4, 0.5) is 11.5 Å². The van der Waals surface area contributed by atoms with Gasteiger partial charge in [0.25, 0.3) is 0 Å². The van der Waals surface area contributed by atoms with Crippen molar-refractivity contribution < 1.29 is 0 Å². The molecule has 0 bridgehead atoms. The van der Waals surface area contributed by atoms with Gasteiger partial charge in [0.15, 0.2) is 0 Å². The quantitative estimate of drug-likeness (QED) is 0.394. The van der Waals surface area contributed by atoms with E-state index in [2.05, 4.69) is 92.9 Å². The summed E-state index contributed by atoms with van der Waals surface area (Å²) in [6, 6.07) is 24.0. The van der Waals surface area contributed by atoms with E-state index in [1.807, 2.05) is 6.07 Å². The zero-order valence-corrected chi connectivity index (χ0v) is 19.2. The number of nitrogens with two attached hydrogens (primary N) is 1. The maximum atomic E-state index is 6.12. The molecule has 0 spiro atoms. The third-order valence-electron chi connectivity index (χ3n) is 7.10. The van der Waals surface area contributed by atoms with E-state index in [9.17, 15) is 0 Å². The number of H-pyrrole nitrogens is 1. The minimum atomic E-state index is 0.228. The lowest BCUT2D eigenvalue weighted by atomic mass is 9.83. The van der Waals surface area contributed by atoms with Crippen LogP contribution < -0.4 is 10.6 Å². The summed E-state index contributed by atoms with van der Waals surface area (Å²) in [6.07, 6.45) is 5.98. The normalized spacial score (nSPS) is 19.6. The monoisotopic (exact) mass is 440 g/mol. The van der Waals surface area contributed by atoms with Crippen LogP contribution in [0.5, 0.6) is 0 Å². The molecule has 1 aliphatic rings. The lowest BCUT2D eigenvalue weighted by molar-refractivity contribution is 0.324. The Labute approximate surface area is 195 Å². The van der Waals surface area contributed by atoms with E-state index in [0.29, 0.717) is 17.5 Å². The van der Waals surface area contributed by atoms with E-state index < -0.39 is 0 Å². The van der Waals surface area contributed by atoms with Gasteiger partial charge in [0.2, 0.25) is 5.65 Å². The molecule has 6 nitrogen and oxygen atoms in total. The predicted octanol–water partition coefficient (Wildman–Crippen LogP) is 5.54. The van der Waals surface area contributed by atoms with E-state index in [4.69, 9.17) is 5.73 Å². The lowest BCUT2D eigenvalue weighted by Crippen LogP contribution is -2.40. The maximum absolute atomic E-state index is 6.12. The molecule has 33 heavy (non-hydrogen) atoms. The van der Waals surface area contributed by atoms with Crippen LogP contribution in [0.3, 0.4) is 0 Å². The van der Waals surface area contributed by atoms with E-state index in [-0.39, 0.29) is 5.92 Å². The molecule has 2 aromatic heterocycles. The van der Waals surface area contributed by atoms with Crippen molar-refractivity contribution in [3.63, 3.8) is 0 Å². The van der Waals surface area contributed by atoms with Crippen molar-refractivity contribution >= 4 is 22.7 Å². The predicted molar refractivity (Wildman–Crippen MR) is 134 cm³/mol. The van der Waals surface area contributed by atoms with Gasteiger partial charge in [0, 0.05) is 24.2 Å². The summed E-state index contributed by atoms with van der Waals surface area (Å²) in [5, 5.41) is 11.3. The second-order valence-corrected chi connectivity index (χ2v) is 9.29. The molecule has 5 rings (SSSR count).